The number of halogens is 1. The van der Waals surface area contributed by atoms with Crippen molar-refractivity contribution in [2.45, 2.75) is 6.54 Å². The largest absolute Gasteiger partial charge is 0.350 e. The van der Waals surface area contributed by atoms with Gasteiger partial charge in [-0.1, -0.05) is 24.3 Å². The second-order valence-electron chi connectivity index (χ2n) is 5.39. The minimum atomic E-state index is -0.405. The van der Waals surface area contributed by atoms with Crippen molar-refractivity contribution in [3.05, 3.63) is 83.4 Å². The standard InChI is InChI=1S/C19H14FN5O/c20-16-7-5-13(6-8-16)10-22-19-23-11-15(12-24-19)18(26)25-17-4-2-1-3-14(17)9-21/h1-8,11-12H,10H2,(H,25,26)(H,22,23,24). The van der Waals surface area contributed by atoms with Crippen LogP contribution in [0, 0.1) is 17.1 Å². The molecule has 0 aliphatic heterocycles. The van der Waals surface area contributed by atoms with Crippen LogP contribution in [0.1, 0.15) is 21.5 Å². The number of hydrogen-bond donors (Lipinski definition) is 2. The molecule has 1 heterocycles. The number of nitrogens with zero attached hydrogens (tertiary/aromatic N) is 3. The van der Waals surface area contributed by atoms with Gasteiger partial charge in [-0.2, -0.15) is 5.26 Å². The van der Waals surface area contributed by atoms with E-state index in [1.807, 2.05) is 6.07 Å². The second-order valence-corrected chi connectivity index (χ2v) is 5.39. The lowest BCUT2D eigenvalue weighted by atomic mass is 10.2. The lowest BCUT2D eigenvalue weighted by Crippen LogP contribution is -2.14. The molecule has 0 saturated heterocycles. The first-order valence-corrected chi connectivity index (χ1v) is 7.76. The van der Waals surface area contributed by atoms with Gasteiger partial charge >= 0.3 is 0 Å². The third-order valence-corrected chi connectivity index (χ3v) is 3.57. The number of rotatable bonds is 5. The van der Waals surface area contributed by atoms with Crippen LogP contribution in [-0.2, 0) is 6.54 Å². The number of hydrogen-bond acceptors (Lipinski definition) is 5. The summed E-state index contributed by atoms with van der Waals surface area (Å²) < 4.78 is 12.9. The van der Waals surface area contributed by atoms with Crippen molar-refractivity contribution in [1.29, 1.82) is 5.26 Å². The van der Waals surface area contributed by atoms with Crippen molar-refractivity contribution in [2.24, 2.45) is 0 Å². The maximum absolute atomic E-state index is 12.9. The van der Waals surface area contributed by atoms with Crippen molar-refractivity contribution >= 4 is 17.5 Å². The Morgan fingerprint density at radius 2 is 1.77 bits per heavy atom. The van der Waals surface area contributed by atoms with Crippen molar-refractivity contribution in [1.82, 2.24) is 9.97 Å². The summed E-state index contributed by atoms with van der Waals surface area (Å²) >= 11 is 0. The van der Waals surface area contributed by atoms with Crippen LogP contribution < -0.4 is 10.6 Å². The number of carbonyl (C=O) groups excluding carboxylic acids is 1. The normalized spacial score (nSPS) is 10.0. The van der Waals surface area contributed by atoms with E-state index in [0.29, 0.717) is 23.7 Å². The lowest BCUT2D eigenvalue weighted by Gasteiger charge is -2.08. The molecular formula is C19H14FN5O. The quantitative estimate of drug-likeness (QED) is 0.738. The Morgan fingerprint density at radius 3 is 2.46 bits per heavy atom. The minimum Gasteiger partial charge on any atom is -0.350 e. The van der Waals surface area contributed by atoms with Crippen molar-refractivity contribution in [3.63, 3.8) is 0 Å². The van der Waals surface area contributed by atoms with Crippen LogP contribution in [0.3, 0.4) is 0 Å². The number of nitriles is 1. The number of nitrogens with one attached hydrogen (secondary N) is 2. The summed E-state index contributed by atoms with van der Waals surface area (Å²) in [6.45, 7) is 0.432. The zero-order valence-corrected chi connectivity index (χ0v) is 13.6. The Bertz CT molecular complexity index is 949. The zero-order valence-electron chi connectivity index (χ0n) is 13.6. The summed E-state index contributed by atoms with van der Waals surface area (Å²) in [5.74, 6) is -0.348. The van der Waals surface area contributed by atoms with Crippen LogP contribution in [0.2, 0.25) is 0 Å². The smallest absolute Gasteiger partial charge is 0.258 e. The first-order valence-electron chi connectivity index (χ1n) is 7.76. The van der Waals surface area contributed by atoms with E-state index >= 15 is 0 Å². The van der Waals surface area contributed by atoms with Gasteiger partial charge in [0, 0.05) is 18.9 Å². The molecule has 0 unspecified atom stereocenters. The summed E-state index contributed by atoms with van der Waals surface area (Å²) in [4.78, 5) is 20.4. The Morgan fingerprint density at radius 1 is 1.08 bits per heavy atom. The van der Waals surface area contributed by atoms with Crippen LogP contribution in [-0.4, -0.2) is 15.9 Å². The molecule has 0 aliphatic carbocycles. The number of anilines is 2. The van der Waals surface area contributed by atoms with Crippen LogP contribution in [0.5, 0.6) is 0 Å². The highest BCUT2D eigenvalue weighted by Gasteiger charge is 2.10. The van der Waals surface area contributed by atoms with Gasteiger partial charge in [0.25, 0.3) is 5.91 Å². The summed E-state index contributed by atoms with van der Waals surface area (Å²) in [5, 5.41) is 14.7. The van der Waals surface area contributed by atoms with Crippen LogP contribution in [0.25, 0.3) is 0 Å². The monoisotopic (exact) mass is 347 g/mol. The van der Waals surface area contributed by atoms with Crippen LogP contribution in [0.4, 0.5) is 16.0 Å². The molecule has 0 spiro atoms. The molecule has 0 fully saturated rings. The highest BCUT2D eigenvalue weighted by atomic mass is 19.1. The summed E-state index contributed by atoms with van der Waals surface area (Å²) in [5.41, 5.74) is 1.95. The van der Waals surface area contributed by atoms with Crippen molar-refractivity contribution in [3.8, 4) is 6.07 Å². The van der Waals surface area contributed by atoms with E-state index in [1.54, 1.807) is 36.4 Å². The van der Waals surface area contributed by atoms with Crippen molar-refractivity contribution < 1.29 is 9.18 Å². The number of benzene rings is 2. The van der Waals surface area contributed by atoms with E-state index < -0.39 is 5.91 Å². The molecule has 1 aromatic heterocycles. The first-order chi connectivity index (χ1) is 12.7. The second kappa shape index (κ2) is 7.85. The lowest BCUT2D eigenvalue weighted by molar-refractivity contribution is 0.102. The summed E-state index contributed by atoms with van der Waals surface area (Å²) in [6, 6.07) is 14.8. The highest BCUT2D eigenvalue weighted by Crippen LogP contribution is 2.15. The molecule has 7 heteroatoms. The Kier molecular flexibility index (Phi) is 5.15. The molecule has 0 aliphatic rings. The summed E-state index contributed by atoms with van der Waals surface area (Å²) in [7, 11) is 0. The maximum Gasteiger partial charge on any atom is 0.258 e. The van der Waals surface area contributed by atoms with Crippen molar-refractivity contribution in [2.75, 3.05) is 10.6 Å². The summed E-state index contributed by atoms with van der Waals surface area (Å²) in [6.07, 6.45) is 2.79. The topological polar surface area (TPSA) is 90.7 Å². The van der Waals surface area contributed by atoms with Gasteiger partial charge in [0.2, 0.25) is 5.95 Å². The van der Waals surface area contributed by atoms with E-state index in [1.165, 1.54) is 24.5 Å². The molecule has 0 radical (unpaired) electrons. The third-order valence-electron chi connectivity index (χ3n) is 3.57. The van der Waals surface area contributed by atoms with E-state index in [-0.39, 0.29) is 11.4 Å². The van der Waals surface area contributed by atoms with Gasteiger partial charge in [-0.15, -0.1) is 0 Å². The molecule has 0 bridgehead atoms. The maximum atomic E-state index is 12.9. The number of amides is 1. The molecule has 3 rings (SSSR count). The molecule has 128 valence electrons. The van der Waals surface area contributed by atoms with E-state index in [9.17, 15) is 9.18 Å². The number of aromatic nitrogens is 2. The van der Waals surface area contributed by atoms with Gasteiger partial charge in [-0.3, -0.25) is 4.79 Å². The van der Waals surface area contributed by atoms with Gasteiger partial charge in [0.15, 0.2) is 0 Å². The molecule has 0 atom stereocenters. The zero-order chi connectivity index (χ0) is 18.4. The highest BCUT2D eigenvalue weighted by molar-refractivity contribution is 6.04. The molecule has 26 heavy (non-hydrogen) atoms. The first kappa shape index (κ1) is 17.0. The predicted molar refractivity (Wildman–Crippen MR) is 94.9 cm³/mol. The molecule has 3 aromatic rings. The number of carbonyl (C=O) groups is 1. The number of para-hydroxylation sites is 1. The van der Waals surface area contributed by atoms with Gasteiger partial charge in [0.05, 0.1) is 16.8 Å². The fourth-order valence-electron chi connectivity index (χ4n) is 2.20. The Labute approximate surface area is 149 Å². The van der Waals surface area contributed by atoms with E-state index in [2.05, 4.69) is 20.6 Å². The van der Waals surface area contributed by atoms with Crippen LogP contribution >= 0.6 is 0 Å². The fraction of sp³-hybridized carbons (Fsp3) is 0.0526. The molecular weight excluding hydrogens is 333 g/mol. The van der Waals surface area contributed by atoms with Gasteiger partial charge in [0.1, 0.15) is 11.9 Å². The molecule has 2 N–H and O–H groups in total. The Balaban J connectivity index is 1.62. The third kappa shape index (κ3) is 4.19. The minimum absolute atomic E-state index is 0.269. The SMILES string of the molecule is N#Cc1ccccc1NC(=O)c1cnc(NCc2ccc(F)cc2)nc1. The van der Waals surface area contributed by atoms with E-state index in [4.69, 9.17) is 5.26 Å². The van der Waals surface area contributed by atoms with Crippen LogP contribution in [0.15, 0.2) is 60.9 Å². The molecule has 6 nitrogen and oxygen atoms in total. The molecule has 0 saturated carbocycles. The van der Waals surface area contributed by atoms with E-state index in [0.717, 1.165) is 5.56 Å². The molecule has 1 amide bonds. The van der Waals surface area contributed by atoms with Gasteiger partial charge < -0.3 is 10.6 Å². The average molecular weight is 347 g/mol. The fourth-order valence-corrected chi connectivity index (χ4v) is 2.20. The predicted octanol–water partition coefficient (Wildman–Crippen LogP) is 3.35. The van der Waals surface area contributed by atoms with Gasteiger partial charge in [-0.25, -0.2) is 14.4 Å². The molecule has 2 aromatic carbocycles. The average Bonchev–Trinajstić information content (AvgIpc) is 2.68. The van der Waals surface area contributed by atoms with Gasteiger partial charge in [-0.05, 0) is 29.8 Å². The Hall–Kier alpha value is -3.79.